The molecule has 1 unspecified atom stereocenters. The Morgan fingerprint density at radius 3 is 3.05 bits per heavy atom. The summed E-state index contributed by atoms with van der Waals surface area (Å²) < 4.78 is 0. The third-order valence-corrected chi connectivity index (χ3v) is 4.35. The molecule has 0 radical (unpaired) electrons. The predicted molar refractivity (Wildman–Crippen MR) is 76.3 cm³/mol. The number of hydrogen-bond donors (Lipinski definition) is 1. The number of rotatable bonds is 4. The van der Waals surface area contributed by atoms with E-state index in [-0.39, 0.29) is 6.61 Å². The van der Waals surface area contributed by atoms with Crippen molar-refractivity contribution in [3.63, 3.8) is 0 Å². The first kappa shape index (κ1) is 12.6. The second kappa shape index (κ2) is 5.67. The summed E-state index contributed by atoms with van der Waals surface area (Å²) >= 11 is 1.61. The molecule has 4 nitrogen and oxygen atoms in total. The first-order valence-electron chi connectivity index (χ1n) is 6.55. The lowest BCUT2D eigenvalue weighted by molar-refractivity contribution is 0.281. The van der Waals surface area contributed by atoms with Crippen molar-refractivity contribution < 1.29 is 5.11 Å². The van der Waals surface area contributed by atoms with Gasteiger partial charge in [0.2, 0.25) is 5.13 Å². The number of nitrogens with zero attached hydrogens (tertiary/aromatic N) is 3. The molecule has 19 heavy (non-hydrogen) atoms. The van der Waals surface area contributed by atoms with Gasteiger partial charge in [-0.3, -0.25) is 0 Å². The molecule has 1 saturated heterocycles. The molecule has 1 aliphatic heterocycles. The first-order chi connectivity index (χ1) is 9.35. The average molecular weight is 275 g/mol. The van der Waals surface area contributed by atoms with E-state index in [1.54, 1.807) is 16.8 Å². The SMILES string of the molecule is OCc1cccc(CC2CCN(c3nncs3)C2)c1. The van der Waals surface area contributed by atoms with Crippen LogP contribution in [0.1, 0.15) is 17.5 Å². The van der Waals surface area contributed by atoms with Crippen LogP contribution in [0.4, 0.5) is 5.13 Å². The van der Waals surface area contributed by atoms with Gasteiger partial charge in [-0.05, 0) is 29.9 Å². The molecule has 5 heteroatoms. The van der Waals surface area contributed by atoms with E-state index in [1.165, 1.54) is 12.0 Å². The topological polar surface area (TPSA) is 49.2 Å². The van der Waals surface area contributed by atoms with Crippen LogP contribution in [0.15, 0.2) is 29.8 Å². The molecule has 0 saturated carbocycles. The van der Waals surface area contributed by atoms with Gasteiger partial charge < -0.3 is 10.0 Å². The van der Waals surface area contributed by atoms with E-state index in [2.05, 4.69) is 27.2 Å². The zero-order valence-electron chi connectivity index (χ0n) is 10.7. The molecule has 0 amide bonds. The summed E-state index contributed by atoms with van der Waals surface area (Å²) in [5.74, 6) is 0.665. The zero-order chi connectivity index (χ0) is 13.1. The van der Waals surface area contributed by atoms with E-state index >= 15 is 0 Å². The number of benzene rings is 1. The number of aliphatic hydroxyl groups is 1. The summed E-state index contributed by atoms with van der Waals surface area (Å²) in [5.41, 5.74) is 4.10. The van der Waals surface area contributed by atoms with Crippen molar-refractivity contribution >= 4 is 16.5 Å². The fraction of sp³-hybridized carbons (Fsp3) is 0.429. The summed E-state index contributed by atoms with van der Waals surface area (Å²) in [4.78, 5) is 2.32. The van der Waals surface area contributed by atoms with Gasteiger partial charge in [0, 0.05) is 13.1 Å². The molecule has 100 valence electrons. The smallest absolute Gasteiger partial charge is 0.208 e. The van der Waals surface area contributed by atoms with Gasteiger partial charge >= 0.3 is 0 Å². The molecule has 1 N–H and O–H groups in total. The third kappa shape index (κ3) is 2.93. The van der Waals surface area contributed by atoms with Crippen molar-refractivity contribution in [3.05, 3.63) is 40.9 Å². The molecular formula is C14H17N3OS. The highest BCUT2D eigenvalue weighted by molar-refractivity contribution is 7.13. The summed E-state index contributed by atoms with van der Waals surface area (Å²) in [6.07, 6.45) is 2.27. The highest BCUT2D eigenvalue weighted by Crippen LogP contribution is 2.27. The summed E-state index contributed by atoms with van der Waals surface area (Å²) in [7, 11) is 0. The van der Waals surface area contributed by atoms with Crippen molar-refractivity contribution in [2.24, 2.45) is 5.92 Å². The number of anilines is 1. The lowest BCUT2D eigenvalue weighted by Crippen LogP contribution is -2.20. The number of hydrogen-bond acceptors (Lipinski definition) is 5. The summed E-state index contributed by atoms with van der Waals surface area (Å²) in [6, 6.07) is 8.24. The Morgan fingerprint density at radius 2 is 2.26 bits per heavy atom. The van der Waals surface area contributed by atoms with Crippen LogP contribution in [0, 0.1) is 5.92 Å². The van der Waals surface area contributed by atoms with Crippen LogP contribution in [-0.2, 0) is 13.0 Å². The van der Waals surface area contributed by atoms with Crippen LogP contribution in [0.2, 0.25) is 0 Å². The highest BCUT2D eigenvalue weighted by atomic mass is 32.1. The Balaban J connectivity index is 1.62. The van der Waals surface area contributed by atoms with Gasteiger partial charge in [-0.2, -0.15) is 0 Å². The van der Waals surface area contributed by atoms with Gasteiger partial charge in [0.15, 0.2) is 0 Å². The Labute approximate surface area is 116 Å². The third-order valence-electron chi connectivity index (χ3n) is 3.60. The van der Waals surface area contributed by atoms with Crippen molar-refractivity contribution in [2.45, 2.75) is 19.4 Å². The van der Waals surface area contributed by atoms with Crippen LogP contribution >= 0.6 is 11.3 Å². The van der Waals surface area contributed by atoms with Crippen molar-refractivity contribution in [3.8, 4) is 0 Å². The fourth-order valence-electron chi connectivity index (χ4n) is 2.67. The minimum Gasteiger partial charge on any atom is -0.392 e. The van der Waals surface area contributed by atoms with E-state index in [0.717, 1.165) is 30.2 Å². The Kier molecular flexibility index (Phi) is 3.75. The van der Waals surface area contributed by atoms with Gasteiger partial charge in [0.25, 0.3) is 0 Å². The Bertz CT molecular complexity index is 529. The second-order valence-corrected chi connectivity index (χ2v) is 5.82. The zero-order valence-corrected chi connectivity index (χ0v) is 11.5. The van der Waals surface area contributed by atoms with E-state index in [9.17, 15) is 0 Å². The van der Waals surface area contributed by atoms with E-state index in [4.69, 9.17) is 5.11 Å². The van der Waals surface area contributed by atoms with E-state index in [0.29, 0.717) is 5.92 Å². The van der Waals surface area contributed by atoms with Crippen LogP contribution in [-0.4, -0.2) is 28.4 Å². The molecule has 0 spiro atoms. The molecule has 0 aliphatic carbocycles. The van der Waals surface area contributed by atoms with E-state index < -0.39 is 0 Å². The largest absolute Gasteiger partial charge is 0.392 e. The maximum atomic E-state index is 9.17. The van der Waals surface area contributed by atoms with Crippen molar-refractivity contribution in [1.29, 1.82) is 0 Å². The molecule has 3 rings (SSSR count). The minimum atomic E-state index is 0.120. The molecule has 0 bridgehead atoms. The van der Waals surface area contributed by atoms with Crippen molar-refractivity contribution in [2.75, 3.05) is 18.0 Å². The molecule has 1 fully saturated rings. The summed E-state index contributed by atoms with van der Waals surface area (Å²) in [6.45, 7) is 2.24. The van der Waals surface area contributed by atoms with Crippen molar-refractivity contribution in [1.82, 2.24) is 10.2 Å². The highest BCUT2D eigenvalue weighted by Gasteiger charge is 2.24. The monoisotopic (exact) mass is 275 g/mol. The normalized spacial score (nSPS) is 19.0. The number of aromatic nitrogens is 2. The molecular weight excluding hydrogens is 258 g/mol. The Morgan fingerprint density at radius 1 is 1.37 bits per heavy atom. The quantitative estimate of drug-likeness (QED) is 0.928. The lowest BCUT2D eigenvalue weighted by atomic mass is 9.97. The van der Waals surface area contributed by atoms with Gasteiger partial charge in [-0.15, -0.1) is 10.2 Å². The van der Waals surface area contributed by atoms with Crippen LogP contribution in [0.3, 0.4) is 0 Å². The Hall–Kier alpha value is -1.46. The molecule has 1 atom stereocenters. The molecule has 1 aromatic carbocycles. The average Bonchev–Trinajstić information content (AvgIpc) is 3.09. The first-order valence-corrected chi connectivity index (χ1v) is 7.43. The molecule has 1 aliphatic rings. The maximum Gasteiger partial charge on any atom is 0.208 e. The standard InChI is InChI=1S/C14H17N3OS/c18-9-13-3-1-2-11(7-13)6-12-4-5-17(8-12)14-16-15-10-19-14/h1-3,7,10,12,18H,4-6,8-9H2. The van der Waals surface area contributed by atoms with Gasteiger partial charge in [-0.25, -0.2) is 0 Å². The molecule has 2 aromatic rings. The lowest BCUT2D eigenvalue weighted by Gasteiger charge is -2.14. The molecule has 2 heterocycles. The number of aliphatic hydroxyl groups excluding tert-OH is 1. The minimum absolute atomic E-state index is 0.120. The van der Waals surface area contributed by atoms with Crippen LogP contribution < -0.4 is 4.90 Å². The predicted octanol–water partition coefficient (Wildman–Crippen LogP) is 2.10. The maximum absolute atomic E-state index is 9.17. The van der Waals surface area contributed by atoms with Crippen LogP contribution in [0.25, 0.3) is 0 Å². The van der Waals surface area contributed by atoms with E-state index in [1.807, 2.05) is 12.1 Å². The van der Waals surface area contributed by atoms with Gasteiger partial charge in [-0.1, -0.05) is 35.6 Å². The fourth-order valence-corrected chi connectivity index (χ4v) is 3.26. The summed E-state index contributed by atoms with van der Waals surface area (Å²) in [5, 5.41) is 18.2. The second-order valence-electron chi connectivity index (χ2n) is 5.00. The van der Waals surface area contributed by atoms with Gasteiger partial charge in [0.1, 0.15) is 5.51 Å². The molecule has 1 aromatic heterocycles. The van der Waals surface area contributed by atoms with Crippen LogP contribution in [0.5, 0.6) is 0 Å². The van der Waals surface area contributed by atoms with Gasteiger partial charge in [0.05, 0.1) is 6.61 Å².